The van der Waals surface area contributed by atoms with Crippen molar-refractivity contribution in [3.8, 4) is 16.9 Å². The molecule has 0 saturated carbocycles. The Morgan fingerprint density at radius 3 is 2.78 bits per heavy atom. The number of rotatable bonds is 4. The summed E-state index contributed by atoms with van der Waals surface area (Å²) in [5.41, 5.74) is 8.16. The molecule has 0 aliphatic rings. The highest BCUT2D eigenvalue weighted by Crippen LogP contribution is 2.30. The normalized spacial score (nSPS) is 12.4. The average molecular weight is 247 g/mol. The molecule has 0 fully saturated rings. The van der Waals surface area contributed by atoms with Crippen LogP contribution in [0.3, 0.4) is 0 Å². The number of methoxy groups -OCH3 is 1. The van der Waals surface area contributed by atoms with Crippen LogP contribution >= 0.6 is 0 Å². The fourth-order valence-electron chi connectivity index (χ4n) is 1.87. The van der Waals surface area contributed by atoms with E-state index in [1.165, 1.54) is 0 Å². The highest BCUT2D eigenvalue weighted by Gasteiger charge is 2.13. The second kappa shape index (κ2) is 5.20. The summed E-state index contributed by atoms with van der Waals surface area (Å²) in [7, 11) is 3.44. The van der Waals surface area contributed by atoms with E-state index >= 15 is 0 Å². The number of nitrogens with zero attached hydrogens (tertiary/aromatic N) is 2. The molecule has 3 N–H and O–H groups in total. The van der Waals surface area contributed by atoms with Crippen molar-refractivity contribution in [1.82, 2.24) is 9.78 Å². The molecule has 0 spiro atoms. The van der Waals surface area contributed by atoms with Crippen LogP contribution in [0.5, 0.6) is 5.75 Å². The Labute approximate surface area is 106 Å². The van der Waals surface area contributed by atoms with E-state index in [2.05, 4.69) is 5.10 Å². The molecule has 0 radical (unpaired) electrons. The van der Waals surface area contributed by atoms with E-state index < -0.39 is 6.10 Å². The minimum Gasteiger partial charge on any atom is -0.496 e. The van der Waals surface area contributed by atoms with Crippen LogP contribution in [0, 0.1) is 0 Å². The largest absolute Gasteiger partial charge is 0.496 e. The highest BCUT2D eigenvalue weighted by atomic mass is 16.5. The first-order valence-corrected chi connectivity index (χ1v) is 5.70. The predicted molar refractivity (Wildman–Crippen MR) is 69.2 cm³/mol. The fourth-order valence-corrected chi connectivity index (χ4v) is 1.87. The van der Waals surface area contributed by atoms with Crippen LogP contribution in [-0.4, -0.2) is 28.5 Å². The molecular weight excluding hydrogens is 230 g/mol. The molecule has 1 atom stereocenters. The smallest absolute Gasteiger partial charge is 0.124 e. The van der Waals surface area contributed by atoms with E-state index in [1.54, 1.807) is 18.0 Å². The third-order valence-corrected chi connectivity index (χ3v) is 2.85. The summed E-state index contributed by atoms with van der Waals surface area (Å²) in [5, 5.41) is 14.0. The molecule has 5 nitrogen and oxygen atoms in total. The van der Waals surface area contributed by atoms with Crippen molar-refractivity contribution in [3.63, 3.8) is 0 Å². The summed E-state index contributed by atoms with van der Waals surface area (Å²) >= 11 is 0. The second-order valence-electron chi connectivity index (χ2n) is 4.11. The standard InChI is InChI=1S/C13H17N3O2/c1-16-8-10(7-15-16)9-3-4-13(18-2)11(5-9)12(17)6-14/h3-5,7-8,12,17H,6,14H2,1-2H3/t12-/m0/s1. The van der Waals surface area contributed by atoms with Gasteiger partial charge in [0, 0.05) is 30.9 Å². The third kappa shape index (κ3) is 2.37. The number of hydrogen-bond acceptors (Lipinski definition) is 4. The lowest BCUT2D eigenvalue weighted by atomic mass is 10.0. The summed E-state index contributed by atoms with van der Waals surface area (Å²) in [5.74, 6) is 0.639. The minimum atomic E-state index is -0.725. The van der Waals surface area contributed by atoms with E-state index in [9.17, 15) is 5.11 Å². The highest BCUT2D eigenvalue weighted by molar-refractivity contribution is 5.64. The second-order valence-corrected chi connectivity index (χ2v) is 4.11. The van der Waals surface area contributed by atoms with Gasteiger partial charge < -0.3 is 15.6 Å². The fraction of sp³-hybridized carbons (Fsp3) is 0.308. The van der Waals surface area contributed by atoms with Crippen molar-refractivity contribution >= 4 is 0 Å². The number of aromatic nitrogens is 2. The predicted octanol–water partition coefficient (Wildman–Crippen LogP) is 1.09. The van der Waals surface area contributed by atoms with Crippen molar-refractivity contribution in [2.24, 2.45) is 12.8 Å². The SMILES string of the molecule is COc1ccc(-c2cnn(C)c2)cc1[C@@H](O)CN. The molecule has 2 aromatic rings. The van der Waals surface area contributed by atoms with Gasteiger partial charge in [0.05, 0.1) is 19.4 Å². The molecule has 0 aliphatic heterocycles. The average Bonchev–Trinajstić information content (AvgIpc) is 2.83. The van der Waals surface area contributed by atoms with Crippen LogP contribution in [-0.2, 0) is 7.05 Å². The van der Waals surface area contributed by atoms with Gasteiger partial charge in [-0.15, -0.1) is 0 Å². The van der Waals surface area contributed by atoms with E-state index in [1.807, 2.05) is 31.4 Å². The van der Waals surface area contributed by atoms with Crippen molar-refractivity contribution in [2.45, 2.75) is 6.10 Å². The van der Waals surface area contributed by atoms with Crippen molar-refractivity contribution < 1.29 is 9.84 Å². The van der Waals surface area contributed by atoms with E-state index in [4.69, 9.17) is 10.5 Å². The van der Waals surface area contributed by atoms with Crippen LogP contribution in [0.4, 0.5) is 0 Å². The van der Waals surface area contributed by atoms with Crippen LogP contribution in [0.1, 0.15) is 11.7 Å². The topological polar surface area (TPSA) is 73.3 Å². The van der Waals surface area contributed by atoms with Crippen molar-refractivity contribution in [1.29, 1.82) is 0 Å². The van der Waals surface area contributed by atoms with E-state index in [0.717, 1.165) is 11.1 Å². The molecule has 0 amide bonds. The Kier molecular flexibility index (Phi) is 3.64. The van der Waals surface area contributed by atoms with Gasteiger partial charge >= 0.3 is 0 Å². The monoisotopic (exact) mass is 247 g/mol. The third-order valence-electron chi connectivity index (χ3n) is 2.85. The molecule has 2 rings (SSSR count). The zero-order chi connectivity index (χ0) is 13.1. The summed E-state index contributed by atoms with van der Waals surface area (Å²) in [6.07, 6.45) is 2.97. The zero-order valence-corrected chi connectivity index (χ0v) is 10.5. The summed E-state index contributed by atoms with van der Waals surface area (Å²) in [6.45, 7) is 0.160. The first-order valence-electron chi connectivity index (χ1n) is 5.70. The van der Waals surface area contributed by atoms with Crippen LogP contribution < -0.4 is 10.5 Å². The number of aryl methyl sites for hydroxylation is 1. The van der Waals surface area contributed by atoms with Crippen molar-refractivity contribution in [3.05, 3.63) is 36.2 Å². The molecule has 96 valence electrons. The number of aliphatic hydroxyl groups excluding tert-OH is 1. The first-order chi connectivity index (χ1) is 8.65. The van der Waals surface area contributed by atoms with Gasteiger partial charge in [-0.2, -0.15) is 5.10 Å². The Bertz CT molecular complexity index is 537. The van der Waals surface area contributed by atoms with Gasteiger partial charge in [0.2, 0.25) is 0 Å². The molecule has 1 aromatic heterocycles. The number of nitrogens with two attached hydrogens (primary N) is 1. The molecule has 5 heteroatoms. The van der Waals surface area contributed by atoms with Gasteiger partial charge in [-0.05, 0) is 17.7 Å². The maximum Gasteiger partial charge on any atom is 0.124 e. The Morgan fingerprint density at radius 2 is 2.22 bits per heavy atom. The van der Waals surface area contributed by atoms with Gasteiger partial charge in [-0.3, -0.25) is 4.68 Å². The number of benzene rings is 1. The van der Waals surface area contributed by atoms with Gasteiger partial charge in [-0.1, -0.05) is 6.07 Å². The van der Waals surface area contributed by atoms with Gasteiger partial charge in [0.15, 0.2) is 0 Å². The van der Waals surface area contributed by atoms with Crippen molar-refractivity contribution in [2.75, 3.05) is 13.7 Å². The molecule has 0 saturated heterocycles. The Balaban J connectivity index is 2.45. The lowest BCUT2D eigenvalue weighted by Crippen LogP contribution is -2.12. The Morgan fingerprint density at radius 1 is 1.44 bits per heavy atom. The number of aliphatic hydroxyl groups is 1. The maximum absolute atomic E-state index is 9.89. The summed E-state index contributed by atoms with van der Waals surface area (Å²) < 4.78 is 6.96. The van der Waals surface area contributed by atoms with Crippen LogP contribution in [0.15, 0.2) is 30.6 Å². The minimum absolute atomic E-state index is 0.160. The zero-order valence-electron chi connectivity index (χ0n) is 10.5. The van der Waals surface area contributed by atoms with Gasteiger partial charge in [0.1, 0.15) is 5.75 Å². The molecule has 0 unspecified atom stereocenters. The first kappa shape index (κ1) is 12.6. The summed E-state index contributed by atoms with van der Waals surface area (Å²) in [6, 6.07) is 5.65. The number of ether oxygens (including phenoxy) is 1. The Hall–Kier alpha value is -1.85. The molecule has 1 aromatic carbocycles. The molecular formula is C13H17N3O2. The van der Waals surface area contributed by atoms with Gasteiger partial charge in [0.25, 0.3) is 0 Å². The molecule has 18 heavy (non-hydrogen) atoms. The lowest BCUT2D eigenvalue weighted by Gasteiger charge is -2.14. The molecule has 0 aliphatic carbocycles. The summed E-state index contributed by atoms with van der Waals surface area (Å²) in [4.78, 5) is 0. The lowest BCUT2D eigenvalue weighted by molar-refractivity contribution is 0.182. The molecule has 0 bridgehead atoms. The maximum atomic E-state index is 9.89. The van der Waals surface area contributed by atoms with Crippen LogP contribution in [0.2, 0.25) is 0 Å². The van der Waals surface area contributed by atoms with E-state index in [0.29, 0.717) is 11.3 Å². The van der Waals surface area contributed by atoms with Crippen LogP contribution in [0.25, 0.3) is 11.1 Å². The number of hydrogen-bond donors (Lipinski definition) is 2. The van der Waals surface area contributed by atoms with E-state index in [-0.39, 0.29) is 6.54 Å². The quantitative estimate of drug-likeness (QED) is 0.848. The molecule has 1 heterocycles. The van der Waals surface area contributed by atoms with Gasteiger partial charge in [-0.25, -0.2) is 0 Å².